The molecule has 0 aromatic carbocycles. The van der Waals surface area contributed by atoms with Gasteiger partial charge in [0, 0.05) is 6.20 Å². The Morgan fingerprint density at radius 1 is 1.33 bits per heavy atom. The molecule has 2 aromatic rings. The molecule has 8 heteroatoms. The summed E-state index contributed by atoms with van der Waals surface area (Å²) < 4.78 is 39.5. The average Bonchev–Trinajstić information content (AvgIpc) is 2.73. The van der Waals surface area contributed by atoms with Gasteiger partial charge in [0.1, 0.15) is 11.8 Å². The van der Waals surface area contributed by atoms with Crippen molar-refractivity contribution >= 4 is 22.6 Å². The van der Waals surface area contributed by atoms with Crippen molar-refractivity contribution in [2.45, 2.75) is 6.18 Å². The van der Waals surface area contributed by atoms with Crippen LogP contribution in [0.4, 0.5) is 13.2 Å². The fourth-order valence-electron chi connectivity index (χ4n) is 1.28. The van der Waals surface area contributed by atoms with E-state index >= 15 is 0 Å². The molecule has 0 unspecified atom stereocenters. The van der Waals surface area contributed by atoms with Gasteiger partial charge in [0.25, 0.3) is 0 Å². The summed E-state index contributed by atoms with van der Waals surface area (Å²) in [5.74, 6) is -0.129. The van der Waals surface area contributed by atoms with Crippen LogP contribution in [0, 0.1) is 14.9 Å². The highest BCUT2D eigenvalue weighted by molar-refractivity contribution is 14.1. The number of hydrogen-bond acceptors (Lipinski definition) is 3. The van der Waals surface area contributed by atoms with Crippen LogP contribution in [0.5, 0.6) is 0 Å². The monoisotopic (exact) mass is 364 g/mol. The molecule has 0 bridgehead atoms. The van der Waals surface area contributed by atoms with Crippen molar-refractivity contribution in [2.24, 2.45) is 0 Å². The molecule has 0 N–H and O–H groups in total. The second kappa shape index (κ2) is 4.56. The zero-order valence-corrected chi connectivity index (χ0v) is 10.8. The van der Waals surface area contributed by atoms with Crippen LogP contribution >= 0.6 is 22.6 Å². The van der Waals surface area contributed by atoms with E-state index in [0.29, 0.717) is 0 Å². The smallest absolute Gasteiger partial charge is 0.223 e. The van der Waals surface area contributed by atoms with Gasteiger partial charge in [-0.1, -0.05) is 0 Å². The number of nitrogens with zero attached hydrogens (tertiary/aromatic N) is 4. The molecule has 4 nitrogen and oxygen atoms in total. The van der Waals surface area contributed by atoms with Gasteiger partial charge >= 0.3 is 6.18 Å². The molecular formula is C10H4F3IN4. The minimum atomic E-state index is -4.55. The Kier molecular flexibility index (Phi) is 3.25. The molecule has 0 aliphatic carbocycles. The van der Waals surface area contributed by atoms with Crippen molar-refractivity contribution in [3.63, 3.8) is 0 Å². The van der Waals surface area contributed by atoms with Crippen LogP contribution in [0.15, 0.2) is 24.5 Å². The Morgan fingerprint density at radius 3 is 2.56 bits per heavy atom. The third kappa shape index (κ3) is 2.45. The van der Waals surface area contributed by atoms with E-state index < -0.39 is 11.9 Å². The van der Waals surface area contributed by atoms with Crippen LogP contribution in [-0.4, -0.2) is 14.8 Å². The molecule has 92 valence electrons. The van der Waals surface area contributed by atoms with Gasteiger partial charge in [0.05, 0.1) is 15.3 Å². The van der Waals surface area contributed by atoms with E-state index in [4.69, 9.17) is 5.26 Å². The van der Waals surface area contributed by atoms with Crippen LogP contribution in [0.1, 0.15) is 11.3 Å². The lowest BCUT2D eigenvalue weighted by atomic mass is 10.2. The first kappa shape index (κ1) is 12.8. The van der Waals surface area contributed by atoms with Gasteiger partial charge in [-0.25, -0.2) is 9.67 Å². The third-order valence-corrected chi connectivity index (χ3v) is 2.61. The van der Waals surface area contributed by atoms with Crippen molar-refractivity contribution in [2.75, 3.05) is 0 Å². The summed E-state index contributed by atoms with van der Waals surface area (Å²) in [6, 6.07) is 3.65. The van der Waals surface area contributed by atoms with E-state index in [9.17, 15) is 13.2 Å². The predicted molar refractivity (Wildman–Crippen MR) is 63.8 cm³/mol. The number of aromatic nitrogens is 3. The standard InChI is InChI=1S/C10H4F3IN4/c11-10(12,13)8-2-1-6(3-15)9(17-8)18-5-7(14)4-16-18/h1-2,4-5H. The molecule has 18 heavy (non-hydrogen) atoms. The van der Waals surface area contributed by atoms with Crippen molar-refractivity contribution in [1.82, 2.24) is 14.8 Å². The van der Waals surface area contributed by atoms with E-state index in [1.54, 1.807) is 6.07 Å². The van der Waals surface area contributed by atoms with Crippen LogP contribution in [0.25, 0.3) is 5.82 Å². The van der Waals surface area contributed by atoms with Crippen molar-refractivity contribution in [1.29, 1.82) is 5.26 Å². The molecule has 0 atom stereocenters. The highest BCUT2D eigenvalue weighted by Crippen LogP contribution is 2.28. The first-order valence-electron chi connectivity index (χ1n) is 4.60. The van der Waals surface area contributed by atoms with Crippen molar-refractivity contribution in [3.05, 3.63) is 39.4 Å². The molecule has 2 aromatic heterocycles. The number of hydrogen-bond donors (Lipinski definition) is 0. The Hall–Kier alpha value is -1.63. The maximum atomic E-state index is 12.5. The van der Waals surface area contributed by atoms with Gasteiger partial charge in [0.2, 0.25) is 0 Å². The Morgan fingerprint density at radius 2 is 2.06 bits per heavy atom. The number of halogens is 4. The van der Waals surface area contributed by atoms with Crippen LogP contribution in [-0.2, 0) is 6.18 Å². The quantitative estimate of drug-likeness (QED) is 0.732. The molecule has 2 rings (SSSR count). The lowest BCUT2D eigenvalue weighted by Gasteiger charge is -2.08. The van der Waals surface area contributed by atoms with Gasteiger partial charge in [0.15, 0.2) is 5.82 Å². The number of nitriles is 1. The summed E-state index contributed by atoms with van der Waals surface area (Å²) in [5.41, 5.74) is -1.02. The Balaban J connectivity index is 2.61. The first-order valence-corrected chi connectivity index (χ1v) is 5.68. The Labute approximate surface area is 113 Å². The Bertz CT molecular complexity index is 627. The molecule has 0 fully saturated rings. The van der Waals surface area contributed by atoms with E-state index in [2.05, 4.69) is 10.1 Å². The summed E-state index contributed by atoms with van der Waals surface area (Å²) in [6.07, 6.45) is -1.60. The molecule has 0 radical (unpaired) electrons. The molecule has 0 saturated heterocycles. The summed E-state index contributed by atoms with van der Waals surface area (Å²) in [4.78, 5) is 3.45. The molecule has 2 heterocycles. The van der Waals surface area contributed by atoms with Gasteiger partial charge in [-0.2, -0.15) is 23.5 Å². The molecule has 0 amide bonds. The summed E-state index contributed by atoms with van der Waals surface area (Å²) in [5, 5.41) is 12.7. The lowest BCUT2D eigenvalue weighted by molar-refractivity contribution is -0.141. The molecule has 0 saturated carbocycles. The highest BCUT2D eigenvalue weighted by Gasteiger charge is 2.33. The summed E-state index contributed by atoms with van der Waals surface area (Å²) >= 11 is 1.96. The van der Waals surface area contributed by atoms with E-state index in [1.807, 2.05) is 22.6 Å². The normalized spacial score (nSPS) is 11.3. The average molecular weight is 364 g/mol. The van der Waals surface area contributed by atoms with Crippen LogP contribution in [0.3, 0.4) is 0 Å². The number of alkyl halides is 3. The van der Waals surface area contributed by atoms with Gasteiger partial charge in [-0.15, -0.1) is 0 Å². The lowest BCUT2D eigenvalue weighted by Crippen LogP contribution is -2.11. The third-order valence-electron chi connectivity index (χ3n) is 2.05. The van der Waals surface area contributed by atoms with Crippen molar-refractivity contribution < 1.29 is 13.2 Å². The van der Waals surface area contributed by atoms with E-state index in [-0.39, 0.29) is 11.4 Å². The van der Waals surface area contributed by atoms with Gasteiger partial charge in [-0.3, -0.25) is 0 Å². The van der Waals surface area contributed by atoms with Crippen LogP contribution < -0.4 is 0 Å². The van der Waals surface area contributed by atoms with E-state index in [0.717, 1.165) is 20.4 Å². The fraction of sp³-hybridized carbons (Fsp3) is 0.100. The zero-order chi connectivity index (χ0) is 13.3. The first-order chi connectivity index (χ1) is 8.41. The number of pyridine rings is 1. The predicted octanol–water partition coefficient (Wildman–Crippen LogP) is 2.76. The maximum Gasteiger partial charge on any atom is 0.433 e. The SMILES string of the molecule is N#Cc1ccc(C(F)(F)F)nc1-n1cc(I)cn1. The van der Waals surface area contributed by atoms with Gasteiger partial charge in [-0.05, 0) is 34.7 Å². The summed E-state index contributed by atoms with van der Waals surface area (Å²) in [6.45, 7) is 0. The molecular weight excluding hydrogens is 360 g/mol. The van der Waals surface area contributed by atoms with E-state index in [1.165, 1.54) is 12.4 Å². The zero-order valence-electron chi connectivity index (χ0n) is 8.61. The van der Waals surface area contributed by atoms with Crippen molar-refractivity contribution in [3.8, 4) is 11.9 Å². The second-order valence-corrected chi connectivity index (χ2v) is 4.53. The topological polar surface area (TPSA) is 54.5 Å². The van der Waals surface area contributed by atoms with Crippen LogP contribution in [0.2, 0.25) is 0 Å². The largest absolute Gasteiger partial charge is 0.433 e. The number of rotatable bonds is 1. The maximum absolute atomic E-state index is 12.5. The molecule has 0 spiro atoms. The highest BCUT2D eigenvalue weighted by atomic mass is 127. The molecule has 0 aliphatic heterocycles. The summed E-state index contributed by atoms with van der Waals surface area (Å²) in [7, 11) is 0. The minimum Gasteiger partial charge on any atom is -0.223 e. The molecule has 0 aliphatic rings. The second-order valence-electron chi connectivity index (χ2n) is 3.28. The fourth-order valence-corrected chi connectivity index (χ4v) is 1.67. The van der Waals surface area contributed by atoms with Gasteiger partial charge < -0.3 is 0 Å². The minimum absolute atomic E-state index is 0.0301.